The topological polar surface area (TPSA) is 70.7 Å². The van der Waals surface area contributed by atoms with E-state index >= 15 is 0 Å². The van der Waals surface area contributed by atoms with Crippen molar-refractivity contribution in [2.24, 2.45) is 0 Å². The molecule has 2 aromatic carbocycles. The zero-order chi connectivity index (χ0) is 20.3. The molecule has 1 heterocycles. The number of nitrogens with one attached hydrogen (secondary N) is 1. The molecule has 0 bridgehead atoms. The van der Waals surface area contributed by atoms with E-state index in [1.165, 1.54) is 18.2 Å². The molecule has 0 aliphatic heterocycles. The third-order valence-corrected chi connectivity index (χ3v) is 4.47. The van der Waals surface area contributed by atoms with Gasteiger partial charge in [-0.2, -0.15) is 10.4 Å². The lowest BCUT2D eigenvalue weighted by molar-refractivity contribution is -0.112. The third-order valence-electron chi connectivity index (χ3n) is 4.18. The van der Waals surface area contributed by atoms with Gasteiger partial charge in [0.1, 0.15) is 17.5 Å². The van der Waals surface area contributed by atoms with Crippen molar-refractivity contribution < 1.29 is 9.18 Å². The number of rotatable bonds is 4. The molecule has 0 aliphatic rings. The summed E-state index contributed by atoms with van der Waals surface area (Å²) in [6.07, 6.45) is 1.50. The number of amides is 1. The van der Waals surface area contributed by atoms with Gasteiger partial charge >= 0.3 is 0 Å². The van der Waals surface area contributed by atoms with Crippen LogP contribution in [-0.2, 0) is 4.79 Å². The minimum Gasteiger partial charge on any atom is -0.321 e. The van der Waals surface area contributed by atoms with Gasteiger partial charge in [-0.3, -0.25) is 4.79 Å². The predicted molar refractivity (Wildman–Crippen MR) is 107 cm³/mol. The SMILES string of the molecule is Cc1nn(-c2ccccc2)c(C)c1/C=C(\C#N)C(=O)Nc1ccc(F)c(Cl)c1. The van der Waals surface area contributed by atoms with E-state index in [4.69, 9.17) is 11.6 Å². The molecule has 3 rings (SSSR count). The lowest BCUT2D eigenvalue weighted by atomic mass is 10.1. The van der Waals surface area contributed by atoms with E-state index < -0.39 is 11.7 Å². The van der Waals surface area contributed by atoms with E-state index in [-0.39, 0.29) is 10.6 Å². The highest BCUT2D eigenvalue weighted by Crippen LogP contribution is 2.22. The maximum atomic E-state index is 13.3. The highest BCUT2D eigenvalue weighted by Gasteiger charge is 2.16. The molecule has 0 saturated heterocycles. The van der Waals surface area contributed by atoms with Crippen molar-refractivity contribution >= 4 is 29.3 Å². The Balaban J connectivity index is 1.92. The van der Waals surface area contributed by atoms with E-state index in [0.717, 1.165) is 17.4 Å². The third kappa shape index (κ3) is 3.95. The second-order valence-electron chi connectivity index (χ2n) is 6.08. The first kappa shape index (κ1) is 19.3. The molecule has 0 atom stereocenters. The van der Waals surface area contributed by atoms with E-state index in [0.29, 0.717) is 16.9 Å². The van der Waals surface area contributed by atoms with Gasteiger partial charge < -0.3 is 5.32 Å². The molecule has 0 unspecified atom stereocenters. The number of carbonyl (C=O) groups is 1. The average Bonchev–Trinajstić information content (AvgIpc) is 2.97. The van der Waals surface area contributed by atoms with Crippen LogP contribution in [0.4, 0.5) is 10.1 Å². The molecule has 140 valence electrons. The van der Waals surface area contributed by atoms with Crippen LogP contribution in [0.15, 0.2) is 54.1 Å². The predicted octanol–water partition coefficient (Wildman–Crippen LogP) is 4.83. The summed E-state index contributed by atoms with van der Waals surface area (Å²) >= 11 is 5.73. The molecule has 1 amide bonds. The number of hydrogen-bond acceptors (Lipinski definition) is 3. The number of para-hydroxylation sites is 1. The average molecular weight is 395 g/mol. The standard InChI is InChI=1S/C21H16ClFN4O/c1-13-18(14(2)27(26-13)17-6-4-3-5-7-17)10-15(12-24)21(28)25-16-8-9-20(23)19(22)11-16/h3-11H,1-2H3,(H,25,28)/b15-10+. The number of halogens is 2. The molecule has 3 aromatic rings. The fourth-order valence-electron chi connectivity index (χ4n) is 2.75. The van der Waals surface area contributed by atoms with Crippen LogP contribution in [0.1, 0.15) is 17.0 Å². The van der Waals surface area contributed by atoms with Gasteiger partial charge in [-0.1, -0.05) is 29.8 Å². The smallest absolute Gasteiger partial charge is 0.266 e. The largest absolute Gasteiger partial charge is 0.321 e. The van der Waals surface area contributed by atoms with Crippen LogP contribution in [0, 0.1) is 31.0 Å². The van der Waals surface area contributed by atoms with Crippen molar-refractivity contribution in [2.45, 2.75) is 13.8 Å². The number of anilines is 1. The molecular weight excluding hydrogens is 379 g/mol. The first-order valence-corrected chi connectivity index (χ1v) is 8.78. The van der Waals surface area contributed by atoms with Gasteiger partial charge in [-0.05, 0) is 50.3 Å². The van der Waals surface area contributed by atoms with Crippen LogP contribution in [0.3, 0.4) is 0 Å². The van der Waals surface area contributed by atoms with Gasteiger partial charge in [0.15, 0.2) is 0 Å². The van der Waals surface area contributed by atoms with Crippen LogP contribution >= 0.6 is 11.6 Å². The Morgan fingerprint density at radius 1 is 1.25 bits per heavy atom. The van der Waals surface area contributed by atoms with Crippen LogP contribution in [0.5, 0.6) is 0 Å². The van der Waals surface area contributed by atoms with Gasteiger partial charge in [0.2, 0.25) is 0 Å². The lowest BCUT2D eigenvalue weighted by Crippen LogP contribution is -2.13. The number of carbonyl (C=O) groups excluding carboxylic acids is 1. The second-order valence-corrected chi connectivity index (χ2v) is 6.49. The zero-order valence-electron chi connectivity index (χ0n) is 15.2. The molecular formula is C21H16ClFN4O. The van der Waals surface area contributed by atoms with Crippen LogP contribution < -0.4 is 5.32 Å². The summed E-state index contributed by atoms with van der Waals surface area (Å²) in [4.78, 5) is 12.5. The molecule has 0 saturated carbocycles. The Labute approximate surface area is 166 Å². The summed E-state index contributed by atoms with van der Waals surface area (Å²) in [6.45, 7) is 3.68. The van der Waals surface area contributed by atoms with Gasteiger partial charge in [0.05, 0.1) is 16.4 Å². The molecule has 1 N–H and O–H groups in total. The van der Waals surface area contributed by atoms with Crippen LogP contribution in [0.2, 0.25) is 5.02 Å². The zero-order valence-corrected chi connectivity index (χ0v) is 16.0. The fraction of sp³-hybridized carbons (Fsp3) is 0.0952. The Morgan fingerprint density at radius 2 is 1.96 bits per heavy atom. The second kappa shape index (κ2) is 8.07. The summed E-state index contributed by atoms with van der Waals surface area (Å²) in [5, 5.41) is 16.4. The molecule has 0 aliphatic carbocycles. The van der Waals surface area contributed by atoms with E-state index in [2.05, 4.69) is 10.4 Å². The normalized spacial score (nSPS) is 11.2. The molecule has 7 heteroatoms. The summed E-state index contributed by atoms with van der Waals surface area (Å²) in [6, 6.07) is 15.3. The summed E-state index contributed by atoms with van der Waals surface area (Å²) in [5.74, 6) is -1.20. The van der Waals surface area contributed by atoms with Crippen molar-refractivity contribution in [1.82, 2.24) is 9.78 Å². The number of benzene rings is 2. The van der Waals surface area contributed by atoms with Crippen LogP contribution in [0.25, 0.3) is 11.8 Å². The molecule has 28 heavy (non-hydrogen) atoms. The number of nitrogens with zero attached hydrogens (tertiary/aromatic N) is 3. The molecule has 1 aromatic heterocycles. The first-order valence-electron chi connectivity index (χ1n) is 8.40. The minimum atomic E-state index is -0.614. The van der Waals surface area contributed by atoms with E-state index in [1.807, 2.05) is 50.2 Å². The molecule has 0 spiro atoms. The summed E-state index contributed by atoms with van der Waals surface area (Å²) < 4.78 is 15.0. The first-order chi connectivity index (χ1) is 13.4. The Bertz CT molecular complexity index is 1110. The molecule has 0 radical (unpaired) electrons. The number of aryl methyl sites for hydroxylation is 1. The monoisotopic (exact) mass is 394 g/mol. The van der Waals surface area contributed by atoms with Crippen molar-refractivity contribution in [3.8, 4) is 11.8 Å². The number of aromatic nitrogens is 2. The van der Waals surface area contributed by atoms with Gasteiger partial charge in [-0.25, -0.2) is 9.07 Å². The lowest BCUT2D eigenvalue weighted by Gasteiger charge is -2.06. The molecule has 5 nitrogen and oxygen atoms in total. The van der Waals surface area contributed by atoms with E-state index in [1.54, 1.807) is 4.68 Å². The Kier molecular flexibility index (Phi) is 5.57. The summed E-state index contributed by atoms with van der Waals surface area (Å²) in [7, 11) is 0. The van der Waals surface area contributed by atoms with E-state index in [9.17, 15) is 14.4 Å². The Morgan fingerprint density at radius 3 is 2.61 bits per heavy atom. The minimum absolute atomic E-state index is 0.0979. The van der Waals surface area contributed by atoms with Crippen LogP contribution in [-0.4, -0.2) is 15.7 Å². The van der Waals surface area contributed by atoms with Gasteiger partial charge in [-0.15, -0.1) is 0 Å². The summed E-state index contributed by atoms with van der Waals surface area (Å²) in [5.41, 5.74) is 3.25. The van der Waals surface area contributed by atoms with Crippen molar-refractivity contribution in [3.05, 3.63) is 81.9 Å². The highest BCUT2D eigenvalue weighted by atomic mass is 35.5. The fourth-order valence-corrected chi connectivity index (χ4v) is 2.93. The Hall–Kier alpha value is -3.43. The maximum Gasteiger partial charge on any atom is 0.266 e. The molecule has 0 fully saturated rings. The number of nitriles is 1. The van der Waals surface area contributed by atoms with Gasteiger partial charge in [0.25, 0.3) is 5.91 Å². The highest BCUT2D eigenvalue weighted by molar-refractivity contribution is 6.31. The van der Waals surface area contributed by atoms with Crippen molar-refractivity contribution in [2.75, 3.05) is 5.32 Å². The van der Waals surface area contributed by atoms with Gasteiger partial charge in [0, 0.05) is 16.9 Å². The maximum absolute atomic E-state index is 13.3. The van der Waals surface area contributed by atoms with Crippen molar-refractivity contribution in [3.63, 3.8) is 0 Å². The quantitative estimate of drug-likeness (QED) is 0.509. The number of hydrogen-bond donors (Lipinski definition) is 1. The van der Waals surface area contributed by atoms with Crippen molar-refractivity contribution in [1.29, 1.82) is 5.26 Å².